The van der Waals surface area contributed by atoms with Crippen LogP contribution in [-0.4, -0.2) is 40.9 Å². The van der Waals surface area contributed by atoms with Crippen LogP contribution in [0.2, 0.25) is 0 Å². The molecule has 0 saturated heterocycles. The highest BCUT2D eigenvalue weighted by atomic mass is 32.1. The van der Waals surface area contributed by atoms with Crippen molar-refractivity contribution in [2.24, 2.45) is 0 Å². The molecule has 31 heavy (non-hydrogen) atoms. The standard InChI is InChI=1S/C24H27N5OS/c1-27(2)17-21-18-31-24(26-21)28(16-20-6-4-7-23(14-20)30-3)15-19-8-10-22(11-9-19)29-13-5-12-25-29/h4-14,18H,15-17H2,1-3H3. The summed E-state index contributed by atoms with van der Waals surface area (Å²) in [5.41, 5.74) is 4.56. The number of benzene rings is 2. The van der Waals surface area contributed by atoms with E-state index in [1.165, 1.54) is 11.1 Å². The van der Waals surface area contributed by atoms with E-state index in [4.69, 9.17) is 9.72 Å². The predicted molar refractivity (Wildman–Crippen MR) is 126 cm³/mol. The second-order valence-corrected chi connectivity index (χ2v) is 8.52. The molecule has 0 amide bonds. The second kappa shape index (κ2) is 9.76. The zero-order chi connectivity index (χ0) is 21.6. The van der Waals surface area contributed by atoms with Crippen LogP contribution in [-0.2, 0) is 19.6 Å². The van der Waals surface area contributed by atoms with Gasteiger partial charge in [-0.05, 0) is 55.6 Å². The minimum absolute atomic E-state index is 0.757. The van der Waals surface area contributed by atoms with Crippen LogP contribution in [0.15, 0.2) is 72.4 Å². The molecule has 4 aromatic rings. The Bertz CT molecular complexity index is 1090. The molecule has 0 bridgehead atoms. The van der Waals surface area contributed by atoms with E-state index in [9.17, 15) is 0 Å². The van der Waals surface area contributed by atoms with Crippen molar-refractivity contribution in [3.8, 4) is 11.4 Å². The highest BCUT2D eigenvalue weighted by Gasteiger charge is 2.14. The fourth-order valence-electron chi connectivity index (χ4n) is 3.42. The van der Waals surface area contributed by atoms with Gasteiger partial charge in [-0.25, -0.2) is 9.67 Å². The number of hydrogen-bond acceptors (Lipinski definition) is 6. The van der Waals surface area contributed by atoms with Gasteiger partial charge in [0.15, 0.2) is 5.13 Å². The largest absolute Gasteiger partial charge is 0.497 e. The lowest BCUT2D eigenvalue weighted by Crippen LogP contribution is -2.22. The van der Waals surface area contributed by atoms with Crippen molar-refractivity contribution in [2.45, 2.75) is 19.6 Å². The topological polar surface area (TPSA) is 46.4 Å². The molecule has 0 fully saturated rings. The minimum atomic E-state index is 0.757. The molecular weight excluding hydrogens is 406 g/mol. The first-order valence-electron chi connectivity index (χ1n) is 10.2. The normalized spacial score (nSPS) is 11.1. The maximum Gasteiger partial charge on any atom is 0.186 e. The molecule has 6 nitrogen and oxygen atoms in total. The number of methoxy groups -OCH3 is 1. The van der Waals surface area contributed by atoms with E-state index >= 15 is 0 Å². The summed E-state index contributed by atoms with van der Waals surface area (Å²) in [6.07, 6.45) is 3.74. The lowest BCUT2D eigenvalue weighted by atomic mass is 10.1. The average Bonchev–Trinajstić information content (AvgIpc) is 3.46. The molecule has 2 aromatic heterocycles. The molecule has 0 atom stereocenters. The van der Waals surface area contributed by atoms with Crippen molar-refractivity contribution in [2.75, 3.05) is 26.1 Å². The quantitative estimate of drug-likeness (QED) is 0.386. The van der Waals surface area contributed by atoms with Gasteiger partial charge >= 0.3 is 0 Å². The van der Waals surface area contributed by atoms with Gasteiger partial charge in [-0.1, -0.05) is 24.3 Å². The van der Waals surface area contributed by atoms with Gasteiger partial charge in [0, 0.05) is 37.4 Å². The van der Waals surface area contributed by atoms with Crippen LogP contribution in [0, 0.1) is 0 Å². The smallest absolute Gasteiger partial charge is 0.186 e. The van der Waals surface area contributed by atoms with Gasteiger partial charge in [0.2, 0.25) is 0 Å². The van der Waals surface area contributed by atoms with Gasteiger partial charge in [0.05, 0.1) is 18.5 Å². The van der Waals surface area contributed by atoms with Gasteiger partial charge < -0.3 is 14.5 Å². The Morgan fingerprint density at radius 2 is 1.77 bits per heavy atom. The number of aromatic nitrogens is 3. The van der Waals surface area contributed by atoms with Crippen molar-refractivity contribution in [3.05, 3.63) is 89.2 Å². The number of anilines is 1. The summed E-state index contributed by atoms with van der Waals surface area (Å²) in [6, 6.07) is 18.7. The molecule has 2 heterocycles. The molecule has 0 aliphatic rings. The maximum atomic E-state index is 5.41. The predicted octanol–water partition coefficient (Wildman–Crippen LogP) is 4.61. The Balaban J connectivity index is 1.57. The molecule has 0 radical (unpaired) electrons. The molecule has 0 aliphatic heterocycles. The highest BCUT2D eigenvalue weighted by Crippen LogP contribution is 2.26. The molecule has 0 spiro atoms. The molecule has 160 valence electrons. The molecule has 4 rings (SSSR count). The van der Waals surface area contributed by atoms with E-state index in [0.29, 0.717) is 0 Å². The summed E-state index contributed by atoms with van der Waals surface area (Å²) in [5.74, 6) is 0.869. The number of nitrogens with zero attached hydrogens (tertiary/aromatic N) is 5. The van der Waals surface area contributed by atoms with Crippen molar-refractivity contribution in [1.29, 1.82) is 0 Å². The van der Waals surface area contributed by atoms with Crippen molar-refractivity contribution < 1.29 is 4.74 Å². The Labute approximate surface area is 187 Å². The van der Waals surface area contributed by atoms with Crippen molar-refractivity contribution in [3.63, 3.8) is 0 Å². The third-order valence-corrected chi connectivity index (χ3v) is 5.82. The average molecular weight is 434 g/mol. The van der Waals surface area contributed by atoms with Crippen LogP contribution in [0.25, 0.3) is 5.69 Å². The summed E-state index contributed by atoms with van der Waals surface area (Å²) in [7, 11) is 5.83. The Morgan fingerprint density at radius 3 is 2.48 bits per heavy atom. The SMILES string of the molecule is COc1cccc(CN(Cc2ccc(-n3cccn3)cc2)c2nc(CN(C)C)cs2)c1. The molecule has 0 aliphatic carbocycles. The summed E-state index contributed by atoms with van der Waals surface area (Å²) >= 11 is 1.69. The zero-order valence-electron chi connectivity index (χ0n) is 18.1. The molecule has 7 heteroatoms. The maximum absolute atomic E-state index is 5.41. The van der Waals surface area contributed by atoms with Crippen LogP contribution >= 0.6 is 11.3 Å². The first kappa shape index (κ1) is 21.1. The monoisotopic (exact) mass is 433 g/mol. The third-order valence-electron chi connectivity index (χ3n) is 4.87. The van der Waals surface area contributed by atoms with Gasteiger partial charge in [0.25, 0.3) is 0 Å². The lowest BCUT2D eigenvalue weighted by Gasteiger charge is -2.23. The number of ether oxygens (including phenoxy) is 1. The van der Waals surface area contributed by atoms with E-state index < -0.39 is 0 Å². The van der Waals surface area contributed by atoms with Crippen LogP contribution < -0.4 is 9.64 Å². The van der Waals surface area contributed by atoms with Gasteiger partial charge in [0.1, 0.15) is 5.75 Å². The van der Waals surface area contributed by atoms with Crippen LogP contribution in [0.1, 0.15) is 16.8 Å². The Kier molecular flexibility index (Phi) is 6.64. The summed E-state index contributed by atoms with van der Waals surface area (Å²) < 4.78 is 7.28. The van der Waals surface area contributed by atoms with Gasteiger partial charge in [-0.15, -0.1) is 11.3 Å². The van der Waals surface area contributed by atoms with Crippen LogP contribution in [0.5, 0.6) is 5.75 Å². The molecule has 0 unspecified atom stereocenters. The first-order chi connectivity index (χ1) is 15.1. The van der Waals surface area contributed by atoms with Crippen molar-refractivity contribution >= 4 is 16.5 Å². The minimum Gasteiger partial charge on any atom is -0.497 e. The van der Waals surface area contributed by atoms with E-state index in [0.717, 1.165) is 41.9 Å². The Morgan fingerprint density at radius 1 is 0.968 bits per heavy atom. The second-order valence-electron chi connectivity index (χ2n) is 7.68. The molecule has 2 aromatic carbocycles. The van der Waals surface area contributed by atoms with E-state index in [1.807, 2.05) is 29.1 Å². The van der Waals surface area contributed by atoms with E-state index in [-0.39, 0.29) is 0 Å². The van der Waals surface area contributed by atoms with Gasteiger partial charge in [-0.3, -0.25) is 0 Å². The zero-order valence-corrected chi connectivity index (χ0v) is 18.9. The summed E-state index contributed by atoms with van der Waals surface area (Å²) in [5, 5.41) is 7.48. The number of hydrogen-bond donors (Lipinski definition) is 0. The van der Waals surface area contributed by atoms with Crippen LogP contribution in [0.4, 0.5) is 5.13 Å². The van der Waals surface area contributed by atoms with Crippen LogP contribution in [0.3, 0.4) is 0 Å². The molecular formula is C24H27N5OS. The number of thiazole rings is 1. The first-order valence-corrected chi connectivity index (χ1v) is 11.0. The number of rotatable bonds is 9. The van der Waals surface area contributed by atoms with Gasteiger partial charge in [-0.2, -0.15) is 5.10 Å². The molecule has 0 saturated carbocycles. The van der Waals surface area contributed by atoms with Crippen molar-refractivity contribution in [1.82, 2.24) is 19.7 Å². The fraction of sp³-hybridized carbons (Fsp3) is 0.250. The third kappa shape index (κ3) is 5.51. The van der Waals surface area contributed by atoms with E-state index in [1.54, 1.807) is 24.6 Å². The van der Waals surface area contributed by atoms with E-state index in [2.05, 4.69) is 70.8 Å². The Hall–Kier alpha value is -3.16. The summed E-state index contributed by atoms with van der Waals surface area (Å²) in [6.45, 7) is 2.36. The summed E-state index contributed by atoms with van der Waals surface area (Å²) in [4.78, 5) is 9.36. The lowest BCUT2D eigenvalue weighted by molar-refractivity contribution is 0.398. The fourth-order valence-corrected chi connectivity index (χ4v) is 4.23. The highest BCUT2D eigenvalue weighted by molar-refractivity contribution is 7.13. The molecule has 0 N–H and O–H groups in total.